The van der Waals surface area contributed by atoms with Crippen LogP contribution in [-0.2, 0) is 22.5 Å². The number of aliphatic hydroxyl groups excluding tert-OH is 1. The van der Waals surface area contributed by atoms with Crippen molar-refractivity contribution in [3.63, 3.8) is 0 Å². The van der Waals surface area contributed by atoms with Gasteiger partial charge in [0.25, 0.3) is 5.91 Å². The topological polar surface area (TPSA) is 92.2 Å². The summed E-state index contributed by atoms with van der Waals surface area (Å²) < 4.78 is 14.0. The summed E-state index contributed by atoms with van der Waals surface area (Å²) in [6.45, 7) is 0.941. The summed E-state index contributed by atoms with van der Waals surface area (Å²) in [6.07, 6.45) is 0.107. The van der Waals surface area contributed by atoms with Crippen LogP contribution in [0.5, 0.6) is 5.75 Å². The molecular weight excluding hydrogens is 662 g/mol. The van der Waals surface area contributed by atoms with Crippen LogP contribution in [0.15, 0.2) is 117 Å². The number of nitrogens with one attached hydrogen (secondary N) is 2. The number of benzene rings is 4. The van der Waals surface area contributed by atoms with Crippen molar-refractivity contribution in [3.8, 4) is 5.75 Å². The monoisotopic (exact) mass is 691 g/mol. The number of carbonyl (C=O) groups is 1. The highest BCUT2D eigenvalue weighted by Gasteiger charge is 2.54. The molecule has 0 saturated carbocycles. The molecular formula is C33H31Br2N3O4. The van der Waals surface area contributed by atoms with Crippen LogP contribution in [0.4, 0.5) is 0 Å². The van der Waals surface area contributed by atoms with Crippen LogP contribution in [0.2, 0.25) is 0 Å². The van der Waals surface area contributed by atoms with Crippen LogP contribution in [-0.4, -0.2) is 35.7 Å². The largest absolute Gasteiger partial charge is 0.494 e. The first-order chi connectivity index (χ1) is 20.5. The molecule has 1 aliphatic heterocycles. The molecule has 0 aromatic heterocycles. The Morgan fingerprint density at radius 3 is 2.31 bits per heavy atom. The van der Waals surface area contributed by atoms with Crippen LogP contribution in [0.3, 0.4) is 0 Å². The zero-order chi connectivity index (χ0) is 29.4. The minimum Gasteiger partial charge on any atom is -0.494 e. The highest BCUT2D eigenvalue weighted by atomic mass is 79.9. The smallest absolute Gasteiger partial charge is 0.266 e. The van der Waals surface area contributed by atoms with Gasteiger partial charge in [-0.1, -0.05) is 98.6 Å². The van der Waals surface area contributed by atoms with Crippen molar-refractivity contribution in [2.24, 2.45) is 4.99 Å². The number of aliphatic hydroxyl groups is 1. The molecule has 1 heterocycles. The van der Waals surface area contributed by atoms with Crippen LogP contribution >= 0.6 is 31.9 Å². The predicted octanol–water partition coefficient (Wildman–Crippen LogP) is 6.29. The Balaban J connectivity index is 1.53. The number of amides is 1. The van der Waals surface area contributed by atoms with Gasteiger partial charge >= 0.3 is 0 Å². The average Bonchev–Trinajstić information content (AvgIpc) is 3.40. The summed E-state index contributed by atoms with van der Waals surface area (Å²) in [4.78, 5) is 19.4. The number of hydrazine groups is 1. The highest BCUT2D eigenvalue weighted by molar-refractivity contribution is 9.10. The fraction of sp³-hybridized carbons (Fsp3) is 0.212. The van der Waals surface area contributed by atoms with Crippen LogP contribution < -0.4 is 15.6 Å². The summed E-state index contributed by atoms with van der Waals surface area (Å²) in [5.41, 5.74) is 8.18. The van der Waals surface area contributed by atoms with E-state index in [-0.39, 0.29) is 18.9 Å². The quantitative estimate of drug-likeness (QED) is 0.120. The first-order valence-electron chi connectivity index (χ1n) is 13.7. The fourth-order valence-electron chi connectivity index (χ4n) is 4.81. The Labute approximate surface area is 262 Å². The lowest BCUT2D eigenvalue weighted by atomic mass is 9.82. The summed E-state index contributed by atoms with van der Waals surface area (Å²) in [5.74, 6) is 0.729. The molecule has 5 rings (SSSR count). The minimum atomic E-state index is -1.34. The number of halogens is 2. The van der Waals surface area contributed by atoms with Gasteiger partial charge in [-0.3, -0.25) is 10.2 Å². The number of hydrogen-bond donors (Lipinski definition) is 3. The van der Waals surface area contributed by atoms with E-state index in [1.54, 1.807) is 0 Å². The average molecular weight is 693 g/mol. The number of ether oxygens (including phenoxy) is 2. The zero-order valence-corrected chi connectivity index (χ0v) is 26.0. The number of aliphatic imine (C=N–C) groups is 1. The Kier molecular flexibility index (Phi) is 10.1. The summed E-state index contributed by atoms with van der Waals surface area (Å²) >= 11 is 7.35. The zero-order valence-electron chi connectivity index (χ0n) is 22.8. The van der Waals surface area contributed by atoms with Crippen LogP contribution in [0.25, 0.3) is 0 Å². The molecule has 0 fully saturated rings. The van der Waals surface area contributed by atoms with Gasteiger partial charge in [0.2, 0.25) is 5.90 Å². The first-order valence-corrected chi connectivity index (χ1v) is 15.2. The third-order valence-electron chi connectivity index (χ3n) is 6.97. The maximum absolute atomic E-state index is 14.3. The molecule has 0 spiro atoms. The molecule has 0 aliphatic carbocycles. The molecule has 3 N–H and O–H groups in total. The van der Waals surface area contributed by atoms with E-state index >= 15 is 0 Å². The summed E-state index contributed by atoms with van der Waals surface area (Å²) in [7, 11) is 0. The molecule has 1 amide bonds. The number of hydrogen-bond acceptors (Lipinski definition) is 6. The molecule has 0 radical (unpaired) electrons. The van der Waals surface area contributed by atoms with Gasteiger partial charge in [0, 0.05) is 46.1 Å². The Morgan fingerprint density at radius 1 is 0.905 bits per heavy atom. The molecule has 7 nitrogen and oxygen atoms in total. The van der Waals surface area contributed by atoms with Gasteiger partial charge in [-0.05, 0) is 47.5 Å². The molecule has 0 unspecified atom stereocenters. The molecule has 1 aliphatic rings. The van der Waals surface area contributed by atoms with Crippen molar-refractivity contribution in [2.75, 3.05) is 13.2 Å². The normalized spacial score (nSPS) is 17.8. The maximum atomic E-state index is 14.3. The van der Waals surface area contributed by atoms with E-state index in [1.807, 2.05) is 103 Å². The Bertz CT molecular complexity index is 1530. The minimum absolute atomic E-state index is 0.0705. The van der Waals surface area contributed by atoms with Gasteiger partial charge < -0.3 is 14.6 Å². The molecule has 9 heteroatoms. The van der Waals surface area contributed by atoms with E-state index < -0.39 is 11.6 Å². The molecule has 2 atom stereocenters. The van der Waals surface area contributed by atoms with Gasteiger partial charge in [-0.2, -0.15) is 0 Å². The molecule has 216 valence electrons. The van der Waals surface area contributed by atoms with Gasteiger partial charge in [0.1, 0.15) is 5.75 Å². The lowest BCUT2D eigenvalue weighted by Gasteiger charge is -2.31. The van der Waals surface area contributed by atoms with Crippen molar-refractivity contribution in [1.29, 1.82) is 0 Å². The van der Waals surface area contributed by atoms with Crippen molar-refractivity contribution < 1.29 is 19.4 Å². The summed E-state index contributed by atoms with van der Waals surface area (Å²) in [6, 6.07) is 32.8. The molecule has 42 heavy (non-hydrogen) atoms. The fourth-order valence-corrected chi connectivity index (χ4v) is 5.73. The highest BCUT2D eigenvalue weighted by Crippen LogP contribution is 2.45. The first kappa shape index (κ1) is 30.0. The van der Waals surface area contributed by atoms with E-state index in [0.29, 0.717) is 31.2 Å². The number of rotatable bonds is 12. The van der Waals surface area contributed by atoms with Gasteiger partial charge in [-0.15, -0.1) is 0 Å². The number of nitrogens with zero attached hydrogens (tertiary/aromatic N) is 1. The second kappa shape index (κ2) is 14.1. The lowest BCUT2D eigenvalue weighted by Crippen LogP contribution is -2.53. The van der Waals surface area contributed by atoms with Crippen molar-refractivity contribution >= 4 is 43.7 Å². The molecule has 4 aromatic rings. The third-order valence-corrected chi connectivity index (χ3v) is 8.47. The standard InChI is InChI=1S/C33H31Br2N3O4/c34-28-13-6-4-11-25(28)21-33(32(40)38-36-22-23-9-2-1-3-10-23)30(27-12-5-7-14-29(27)35)42-31(37-33)24-15-17-26(18-16-24)41-20-8-19-39/h1-7,9-18,30,36,39H,8,19-22H2,(H,38,40)/t30-,33-/m0/s1. The summed E-state index contributed by atoms with van der Waals surface area (Å²) in [5, 5.41) is 9.04. The van der Waals surface area contributed by atoms with E-state index in [0.717, 1.165) is 31.2 Å². The van der Waals surface area contributed by atoms with Crippen molar-refractivity contribution in [2.45, 2.75) is 31.0 Å². The van der Waals surface area contributed by atoms with Crippen molar-refractivity contribution in [3.05, 3.63) is 134 Å². The molecule has 0 bridgehead atoms. The van der Waals surface area contributed by atoms with Crippen molar-refractivity contribution in [1.82, 2.24) is 10.9 Å². The third kappa shape index (κ3) is 6.93. The molecule has 4 aromatic carbocycles. The second-order valence-electron chi connectivity index (χ2n) is 9.87. The maximum Gasteiger partial charge on any atom is 0.266 e. The van der Waals surface area contributed by atoms with Crippen LogP contribution in [0.1, 0.15) is 34.8 Å². The Hall–Kier alpha value is -3.50. The van der Waals surface area contributed by atoms with Crippen LogP contribution in [0, 0.1) is 0 Å². The second-order valence-corrected chi connectivity index (χ2v) is 11.6. The predicted molar refractivity (Wildman–Crippen MR) is 170 cm³/mol. The van der Waals surface area contributed by atoms with E-state index in [4.69, 9.17) is 19.6 Å². The number of carbonyl (C=O) groups excluding carboxylic acids is 1. The Morgan fingerprint density at radius 2 is 1.60 bits per heavy atom. The van der Waals surface area contributed by atoms with Gasteiger partial charge in [0.15, 0.2) is 11.6 Å². The van der Waals surface area contributed by atoms with Gasteiger partial charge in [-0.25, -0.2) is 10.4 Å². The van der Waals surface area contributed by atoms with E-state index in [2.05, 4.69) is 42.7 Å². The van der Waals surface area contributed by atoms with E-state index in [9.17, 15) is 4.79 Å². The molecule has 0 saturated heterocycles. The SMILES string of the molecule is O=C(NNCc1ccccc1)[C@@]1(Cc2ccccc2Br)N=C(c2ccc(OCCCO)cc2)O[C@H]1c1ccccc1Br. The van der Waals surface area contributed by atoms with E-state index in [1.165, 1.54) is 0 Å². The lowest BCUT2D eigenvalue weighted by molar-refractivity contribution is -0.130. The van der Waals surface area contributed by atoms with Gasteiger partial charge in [0.05, 0.1) is 6.61 Å².